The monoisotopic (exact) mass is 553 g/mol. The van der Waals surface area contributed by atoms with Crippen molar-refractivity contribution in [1.82, 2.24) is 19.8 Å². The number of hydrogen-bond acceptors (Lipinski definition) is 7. The highest BCUT2D eigenvalue weighted by Gasteiger charge is 2.46. The Morgan fingerprint density at radius 1 is 1.10 bits per heavy atom. The Hall–Kier alpha value is -2.78. The molecule has 0 atom stereocenters. The fourth-order valence-electron chi connectivity index (χ4n) is 6.83. The molecule has 9 heteroatoms. The molecule has 1 amide bonds. The van der Waals surface area contributed by atoms with Crippen LogP contribution in [0, 0.1) is 17.2 Å². The molecule has 0 bridgehead atoms. The zero-order valence-electron chi connectivity index (χ0n) is 24.4. The number of rotatable bonds is 8. The van der Waals surface area contributed by atoms with Crippen molar-refractivity contribution in [2.45, 2.75) is 84.4 Å². The molecule has 2 saturated heterocycles. The standard InChI is InChI=1S/C31H44FN5O3/c1-21(2)37(22(3)4)30(39)26-15-24(32)7-10-27(26)40-28-16-33-20-34-29(28)36-18-31(19-36)11-13-35(14-12-31)17-23-5-8-25(38)9-6-23/h7,10,15-16,20-23,25,38H,5-6,8-9,11-14,17-19H2,1-4H3. The van der Waals surface area contributed by atoms with Gasteiger partial charge in [-0.1, -0.05) is 0 Å². The summed E-state index contributed by atoms with van der Waals surface area (Å²) < 4.78 is 20.5. The summed E-state index contributed by atoms with van der Waals surface area (Å²) in [7, 11) is 0. The van der Waals surface area contributed by atoms with E-state index in [9.17, 15) is 14.3 Å². The van der Waals surface area contributed by atoms with Crippen LogP contribution in [0.15, 0.2) is 30.7 Å². The third kappa shape index (κ3) is 6.25. The molecular formula is C31H44FN5O3. The van der Waals surface area contributed by atoms with Gasteiger partial charge in [-0.15, -0.1) is 0 Å². The van der Waals surface area contributed by atoms with Crippen molar-refractivity contribution < 1.29 is 19.0 Å². The van der Waals surface area contributed by atoms with Crippen LogP contribution in [0.3, 0.4) is 0 Å². The SMILES string of the molecule is CC(C)N(C(=O)c1cc(F)ccc1Oc1cncnc1N1CC2(CCN(CC3CCC(O)CC3)CC2)C1)C(C)C. The molecule has 1 aromatic carbocycles. The number of aromatic nitrogens is 2. The summed E-state index contributed by atoms with van der Waals surface area (Å²) in [5.41, 5.74) is 0.477. The highest BCUT2D eigenvalue weighted by Crippen LogP contribution is 2.45. The van der Waals surface area contributed by atoms with Gasteiger partial charge in [0.25, 0.3) is 5.91 Å². The first kappa shape index (κ1) is 28.7. The number of halogens is 1. The van der Waals surface area contributed by atoms with Crippen molar-refractivity contribution in [3.8, 4) is 11.5 Å². The third-order valence-electron chi connectivity index (χ3n) is 9.00. The van der Waals surface area contributed by atoms with E-state index in [2.05, 4.69) is 19.8 Å². The number of ether oxygens (including phenoxy) is 1. The zero-order valence-corrected chi connectivity index (χ0v) is 24.4. The summed E-state index contributed by atoms with van der Waals surface area (Å²) in [5.74, 6) is 1.44. The van der Waals surface area contributed by atoms with Crippen molar-refractivity contribution in [3.63, 3.8) is 0 Å². The number of aliphatic hydroxyl groups excluding tert-OH is 1. The summed E-state index contributed by atoms with van der Waals surface area (Å²) in [6, 6.07) is 3.99. The van der Waals surface area contributed by atoms with E-state index in [1.54, 1.807) is 11.1 Å². The van der Waals surface area contributed by atoms with E-state index in [0.717, 1.165) is 71.2 Å². The second-order valence-electron chi connectivity index (χ2n) is 12.7. The van der Waals surface area contributed by atoms with Crippen LogP contribution in [-0.2, 0) is 0 Å². The molecule has 3 fully saturated rings. The van der Waals surface area contributed by atoms with Crippen LogP contribution in [0.1, 0.15) is 76.6 Å². The number of carbonyl (C=O) groups is 1. The molecule has 218 valence electrons. The number of nitrogens with zero attached hydrogens (tertiary/aromatic N) is 5. The van der Waals surface area contributed by atoms with Gasteiger partial charge in [0.05, 0.1) is 17.9 Å². The largest absolute Gasteiger partial charge is 0.451 e. The summed E-state index contributed by atoms with van der Waals surface area (Å²) >= 11 is 0. The molecule has 2 aliphatic heterocycles. The Morgan fingerprint density at radius 2 is 1.77 bits per heavy atom. The number of carbonyl (C=O) groups excluding carboxylic acids is 1. The van der Waals surface area contributed by atoms with Crippen molar-refractivity contribution in [2.75, 3.05) is 37.6 Å². The number of likely N-dealkylation sites (tertiary alicyclic amines) is 1. The highest BCUT2D eigenvalue weighted by atomic mass is 19.1. The second-order valence-corrected chi connectivity index (χ2v) is 12.7. The lowest BCUT2D eigenvalue weighted by Gasteiger charge is -2.54. The van der Waals surface area contributed by atoms with Crippen LogP contribution in [0.2, 0.25) is 0 Å². The van der Waals surface area contributed by atoms with Gasteiger partial charge in [-0.3, -0.25) is 4.79 Å². The molecule has 8 nitrogen and oxygen atoms in total. The quantitative estimate of drug-likeness (QED) is 0.486. The van der Waals surface area contributed by atoms with E-state index < -0.39 is 5.82 Å². The molecule has 1 aromatic heterocycles. The fraction of sp³-hybridized carbons (Fsp3) is 0.645. The molecule has 0 unspecified atom stereocenters. The summed E-state index contributed by atoms with van der Waals surface area (Å²) in [6.45, 7) is 13.0. The van der Waals surface area contributed by atoms with Gasteiger partial charge in [0, 0.05) is 37.1 Å². The molecule has 3 aliphatic rings. The Balaban J connectivity index is 1.24. The highest BCUT2D eigenvalue weighted by molar-refractivity contribution is 5.97. The first-order valence-electron chi connectivity index (χ1n) is 14.9. The predicted octanol–water partition coefficient (Wildman–Crippen LogP) is 5.12. The number of amides is 1. The van der Waals surface area contributed by atoms with E-state index in [1.807, 2.05) is 27.7 Å². The van der Waals surface area contributed by atoms with Crippen molar-refractivity contribution in [2.24, 2.45) is 11.3 Å². The molecule has 5 rings (SSSR count). The number of aliphatic hydroxyl groups is 1. The van der Waals surface area contributed by atoms with E-state index in [1.165, 1.54) is 24.5 Å². The van der Waals surface area contributed by atoms with Gasteiger partial charge in [0.1, 0.15) is 17.9 Å². The minimum atomic E-state index is -0.482. The number of piperidine rings is 1. The average Bonchev–Trinajstić information content (AvgIpc) is 2.90. The Labute approximate surface area is 237 Å². The first-order chi connectivity index (χ1) is 19.1. The molecule has 3 heterocycles. The first-order valence-corrected chi connectivity index (χ1v) is 14.9. The number of benzene rings is 1. The van der Waals surface area contributed by atoms with Gasteiger partial charge in [-0.25, -0.2) is 14.4 Å². The molecule has 1 N–H and O–H groups in total. The van der Waals surface area contributed by atoms with Crippen molar-refractivity contribution >= 4 is 11.7 Å². The maximum absolute atomic E-state index is 14.3. The van der Waals surface area contributed by atoms with Gasteiger partial charge in [0.2, 0.25) is 0 Å². The van der Waals surface area contributed by atoms with Crippen LogP contribution < -0.4 is 9.64 Å². The summed E-state index contributed by atoms with van der Waals surface area (Å²) in [5, 5.41) is 9.80. The lowest BCUT2D eigenvalue weighted by Crippen LogP contribution is -2.61. The van der Waals surface area contributed by atoms with Crippen LogP contribution in [-0.4, -0.2) is 81.7 Å². The Morgan fingerprint density at radius 3 is 2.42 bits per heavy atom. The van der Waals surface area contributed by atoms with E-state index >= 15 is 0 Å². The zero-order chi connectivity index (χ0) is 28.4. The maximum atomic E-state index is 14.3. The van der Waals surface area contributed by atoms with Crippen LogP contribution in [0.5, 0.6) is 11.5 Å². The maximum Gasteiger partial charge on any atom is 0.258 e. The molecule has 40 heavy (non-hydrogen) atoms. The molecule has 0 radical (unpaired) electrons. The van der Waals surface area contributed by atoms with Crippen LogP contribution >= 0.6 is 0 Å². The molecular weight excluding hydrogens is 509 g/mol. The summed E-state index contributed by atoms with van der Waals surface area (Å²) in [6.07, 6.45) is 9.55. The van der Waals surface area contributed by atoms with E-state index in [-0.39, 0.29) is 35.1 Å². The Bertz CT molecular complexity index is 1160. The third-order valence-corrected chi connectivity index (χ3v) is 9.00. The minimum absolute atomic E-state index is 0.0431. The number of anilines is 1. The topological polar surface area (TPSA) is 82.0 Å². The van der Waals surface area contributed by atoms with Gasteiger partial charge in [-0.2, -0.15) is 0 Å². The van der Waals surface area contributed by atoms with E-state index in [0.29, 0.717) is 23.2 Å². The van der Waals surface area contributed by atoms with E-state index in [4.69, 9.17) is 4.74 Å². The molecule has 1 spiro atoms. The average molecular weight is 554 g/mol. The van der Waals surface area contributed by atoms with Gasteiger partial charge in [-0.05, 0) is 103 Å². The minimum Gasteiger partial charge on any atom is -0.451 e. The fourth-order valence-corrected chi connectivity index (χ4v) is 6.83. The predicted molar refractivity (Wildman–Crippen MR) is 153 cm³/mol. The summed E-state index contributed by atoms with van der Waals surface area (Å²) in [4.78, 5) is 28.8. The van der Waals surface area contributed by atoms with Gasteiger partial charge >= 0.3 is 0 Å². The lowest BCUT2D eigenvalue weighted by atomic mass is 9.71. The van der Waals surface area contributed by atoms with Gasteiger partial charge < -0.3 is 24.5 Å². The van der Waals surface area contributed by atoms with Crippen LogP contribution in [0.25, 0.3) is 0 Å². The normalized spacial score (nSPS) is 22.9. The molecule has 2 aromatic rings. The smallest absolute Gasteiger partial charge is 0.258 e. The van der Waals surface area contributed by atoms with Crippen molar-refractivity contribution in [1.29, 1.82) is 0 Å². The number of hydrogen-bond donors (Lipinski definition) is 1. The second kappa shape index (κ2) is 12.0. The van der Waals surface area contributed by atoms with Crippen molar-refractivity contribution in [3.05, 3.63) is 42.1 Å². The molecule has 1 aliphatic carbocycles. The van der Waals surface area contributed by atoms with Gasteiger partial charge in [0.15, 0.2) is 11.6 Å². The van der Waals surface area contributed by atoms with Crippen LogP contribution in [0.4, 0.5) is 10.2 Å². The molecule has 1 saturated carbocycles. The Kier molecular flexibility index (Phi) is 8.61. The lowest BCUT2D eigenvalue weighted by molar-refractivity contribution is 0.0503.